The fourth-order valence-electron chi connectivity index (χ4n) is 8.34. The van der Waals surface area contributed by atoms with Crippen LogP contribution in [-0.4, -0.2) is 109 Å². The number of thiophene rings is 2. The van der Waals surface area contributed by atoms with Crippen LogP contribution in [0.4, 0.5) is 11.4 Å². The average molecular weight is 924 g/mol. The zero-order valence-corrected chi connectivity index (χ0v) is 39.3. The minimum absolute atomic E-state index is 0.0460. The maximum Gasteiger partial charge on any atom is 0.262 e. The Bertz CT molecular complexity index is 2160. The van der Waals surface area contributed by atoms with Crippen LogP contribution in [0.3, 0.4) is 0 Å². The number of benzene rings is 2. The van der Waals surface area contributed by atoms with Crippen LogP contribution >= 0.6 is 45.9 Å². The molecule has 16 heteroatoms. The molecule has 0 radical (unpaired) electrons. The number of carbonyl (C=O) groups excluding carboxylic acids is 4. The summed E-state index contributed by atoms with van der Waals surface area (Å²) in [4.78, 5) is 57.7. The quantitative estimate of drug-likeness (QED) is 0.143. The first-order valence-electron chi connectivity index (χ1n) is 21.0. The van der Waals surface area contributed by atoms with Crippen molar-refractivity contribution in [2.24, 2.45) is 0 Å². The molecule has 0 spiro atoms. The van der Waals surface area contributed by atoms with Crippen molar-refractivity contribution in [1.82, 2.24) is 20.4 Å². The molecule has 4 N–H and O–H groups in total. The smallest absolute Gasteiger partial charge is 0.262 e. The highest BCUT2D eigenvalue weighted by Gasteiger charge is 2.45. The van der Waals surface area contributed by atoms with Crippen molar-refractivity contribution in [1.29, 1.82) is 0 Å². The molecular formula is C46H56Cl2N6O6S2. The summed E-state index contributed by atoms with van der Waals surface area (Å²) in [5.74, 6) is -1.15. The van der Waals surface area contributed by atoms with Gasteiger partial charge in [0, 0.05) is 61.6 Å². The number of carbonyl (C=O) groups is 4. The Morgan fingerprint density at radius 2 is 1.00 bits per heavy atom. The van der Waals surface area contributed by atoms with E-state index in [-0.39, 0.29) is 47.9 Å². The van der Waals surface area contributed by atoms with E-state index >= 15 is 0 Å². The van der Waals surface area contributed by atoms with E-state index in [0.29, 0.717) is 44.5 Å². The second-order valence-electron chi connectivity index (χ2n) is 18.1. The Morgan fingerprint density at radius 3 is 1.34 bits per heavy atom. The molecule has 62 heavy (non-hydrogen) atoms. The molecule has 2 aromatic heterocycles. The topological polar surface area (TPSA) is 141 Å². The molecule has 0 unspecified atom stereocenters. The predicted octanol–water partition coefficient (Wildman–Crippen LogP) is 7.48. The highest BCUT2D eigenvalue weighted by Crippen LogP contribution is 2.32. The molecule has 332 valence electrons. The van der Waals surface area contributed by atoms with Gasteiger partial charge in [0.25, 0.3) is 23.6 Å². The van der Waals surface area contributed by atoms with E-state index in [2.05, 4.69) is 97.1 Å². The van der Waals surface area contributed by atoms with Gasteiger partial charge >= 0.3 is 0 Å². The van der Waals surface area contributed by atoms with Gasteiger partial charge in [0.05, 0.1) is 31.6 Å². The molecule has 0 aliphatic carbocycles. The molecule has 2 atom stereocenters. The molecule has 8 rings (SSSR count). The van der Waals surface area contributed by atoms with Crippen LogP contribution in [0.1, 0.15) is 82.1 Å². The van der Waals surface area contributed by atoms with Gasteiger partial charge in [0.2, 0.25) is 0 Å². The van der Waals surface area contributed by atoms with Crippen molar-refractivity contribution in [3.63, 3.8) is 0 Å². The Kier molecular flexibility index (Phi) is 13.9. The van der Waals surface area contributed by atoms with Gasteiger partial charge in [-0.05, 0) is 138 Å². The summed E-state index contributed by atoms with van der Waals surface area (Å²) in [5.41, 5.74) is 4.51. The van der Waals surface area contributed by atoms with Gasteiger partial charge in [-0.25, -0.2) is 0 Å². The van der Waals surface area contributed by atoms with Gasteiger partial charge in [0.15, 0.2) is 0 Å². The Labute approximate surface area is 382 Å². The zero-order chi connectivity index (χ0) is 44.5. The Morgan fingerprint density at radius 1 is 0.597 bits per heavy atom. The van der Waals surface area contributed by atoms with Crippen LogP contribution in [0.15, 0.2) is 60.7 Å². The summed E-state index contributed by atoms with van der Waals surface area (Å²) in [7, 11) is 4.31. The van der Waals surface area contributed by atoms with Gasteiger partial charge < -0.3 is 40.5 Å². The van der Waals surface area contributed by atoms with Crippen LogP contribution in [-0.2, 0) is 44.7 Å². The summed E-state index contributed by atoms with van der Waals surface area (Å²) < 4.78 is 12.1. The average Bonchev–Trinajstić information content (AvgIpc) is 4.05. The Hall–Kier alpha value is -3.86. The maximum atomic E-state index is 13.3. The second kappa shape index (κ2) is 18.7. The van der Waals surface area contributed by atoms with Gasteiger partial charge in [0.1, 0.15) is 11.1 Å². The van der Waals surface area contributed by atoms with Gasteiger partial charge in [-0.2, -0.15) is 0 Å². The first-order valence-corrected chi connectivity index (χ1v) is 23.4. The van der Waals surface area contributed by atoms with E-state index in [1.165, 1.54) is 44.9 Å². The van der Waals surface area contributed by atoms with Crippen LogP contribution in [0, 0.1) is 0 Å². The molecule has 0 saturated carbocycles. The van der Waals surface area contributed by atoms with E-state index in [9.17, 15) is 19.2 Å². The van der Waals surface area contributed by atoms with Gasteiger partial charge in [-0.3, -0.25) is 19.2 Å². The molecule has 4 aliphatic rings. The fraction of sp³-hybridized carbons (Fsp3) is 0.478. The molecule has 2 saturated heterocycles. The van der Waals surface area contributed by atoms with E-state index < -0.39 is 11.1 Å². The first kappa shape index (κ1) is 46.1. The molecule has 2 fully saturated rings. The van der Waals surface area contributed by atoms with Crippen LogP contribution in [0.25, 0.3) is 0 Å². The second-order valence-corrected chi connectivity index (χ2v) is 21.5. The lowest BCUT2D eigenvalue weighted by Crippen LogP contribution is -2.57. The molecule has 4 aromatic rings. The van der Waals surface area contributed by atoms with E-state index in [1.54, 1.807) is 24.3 Å². The van der Waals surface area contributed by atoms with Crippen molar-refractivity contribution in [3.8, 4) is 0 Å². The lowest BCUT2D eigenvalue weighted by molar-refractivity contribution is -0.122. The summed E-state index contributed by atoms with van der Waals surface area (Å²) in [6.07, 6.45) is 4.64. The molecule has 6 heterocycles. The summed E-state index contributed by atoms with van der Waals surface area (Å²) in [6, 6.07) is 18.9. The predicted molar refractivity (Wildman–Crippen MR) is 248 cm³/mol. The van der Waals surface area contributed by atoms with Gasteiger partial charge in [-0.15, -0.1) is 22.7 Å². The number of rotatable bonds is 8. The van der Waals surface area contributed by atoms with Crippen molar-refractivity contribution in [2.45, 2.75) is 88.4 Å². The third-order valence-corrected chi connectivity index (χ3v) is 15.3. The fourth-order valence-corrected chi connectivity index (χ4v) is 10.2. The molecule has 4 aliphatic heterocycles. The largest absolute Gasteiger partial charge is 0.378 e. The number of nitrogens with zero attached hydrogens (tertiary/aromatic N) is 2. The van der Waals surface area contributed by atoms with Crippen molar-refractivity contribution in [3.05, 3.63) is 101 Å². The molecule has 4 amide bonds. The van der Waals surface area contributed by atoms with Crippen LogP contribution in [0.5, 0.6) is 0 Å². The lowest BCUT2D eigenvalue weighted by Gasteiger charge is -2.33. The van der Waals surface area contributed by atoms with Crippen molar-refractivity contribution < 1.29 is 28.7 Å². The van der Waals surface area contributed by atoms with Crippen molar-refractivity contribution >= 4 is 80.9 Å². The molecule has 0 bridgehead atoms. The summed E-state index contributed by atoms with van der Waals surface area (Å²) in [6.45, 7) is 12.1. The van der Waals surface area contributed by atoms with E-state index in [1.807, 2.05) is 12.1 Å². The number of amides is 4. The number of anilines is 2. The minimum atomic E-state index is -1.10. The van der Waals surface area contributed by atoms with Crippen LogP contribution < -0.4 is 21.3 Å². The minimum Gasteiger partial charge on any atom is -0.378 e. The highest BCUT2D eigenvalue weighted by atomic mass is 35.5. The summed E-state index contributed by atoms with van der Waals surface area (Å²) >= 11 is 14.3. The number of fused-ring (bicyclic) bond motifs is 2. The number of hydrogen-bond donors (Lipinski definition) is 4. The third-order valence-electron chi connectivity index (χ3n) is 12.9. The van der Waals surface area contributed by atoms with Crippen LogP contribution in [0.2, 0.25) is 8.67 Å². The van der Waals surface area contributed by atoms with Crippen molar-refractivity contribution in [2.75, 3.05) is 64.2 Å². The monoisotopic (exact) mass is 922 g/mol. The summed E-state index contributed by atoms with van der Waals surface area (Å²) in [5, 5.41) is 11.9. The molecule has 2 aromatic carbocycles. The third kappa shape index (κ3) is 10.4. The Balaban J connectivity index is 0.000000186. The first-order chi connectivity index (χ1) is 29.4. The SMILES string of the molecule is CN1CCc2ccc(NC(=O)[C@@]3(NC(=O)c4ccc(Cl)s4)CCOC3)cc2CC1(C)C.CN1CCc2ccc(NC(=O)[C@]3(NC(=O)c4ccc(Cl)s4)CCOC3)cc2CC1(C)C. The van der Waals surface area contributed by atoms with E-state index in [0.717, 1.165) is 50.1 Å². The maximum absolute atomic E-state index is 13.3. The number of hydrogen-bond acceptors (Lipinski definition) is 10. The van der Waals surface area contributed by atoms with E-state index in [4.69, 9.17) is 32.7 Å². The standard InChI is InChI=1S/2C23H28ClN3O3S/c2*1-22(2)13-16-12-17(5-4-15(16)8-10-27(22)3)25-21(29)23(9-11-30-14-23)26-20(28)18-6-7-19(24)31-18/h2*4-7,12H,8-11,13-14H2,1-3H3,(H,25,29)(H,26,28)/t2*23-/m10/s1. The lowest BCUT2D eigenvalue weighted by atomic mass is 9.92. The zero-order valence-electron chi connectivity index (χ0n) is 36.2. The molecule has 12 nitrogen and oxygen atoms in total. The normalized spacial score (nSPS) is 23.1. The number of ether oxygens (including phenoxy) is 2. The molecular weight excluding hydrogens is 868 g/mol. The van der Waals surface area contributed by atoms with Gasteiger partial charge in [-0.1, -0.05) is 35.3 Å². The number of likely N-dealkylation sites (N-methyl/N-ethyl adjacent to an activating group) is 2. The highest BCUT2D eigenvalue weighted by molar-refractivity contribution is 7.18. The number of halogens is 2. The number of nitrogens with one attached hydrogen (secondary N) is 4.